The molecule has 0 unspecified atom stereocenters. The first-order valence-corrected chi connectivity index (χ1v) is 5.99. The predicted octanol–water partition coefficient (Wildman–Crippen LogP) is 2.98. The third kappa shape index (κ3) is 2.62. The van der Waals surface area contributed by atoms with Gasteiger partial charge in [-0.3, -0.25) is 4.79 Å². The van der Waals surface area contributed by atoms with Crippen molar-refractivity contribution in [1.29, 1.82) is 0 Å². The average Bonchev–Trinajstić information content (AvgIpc) is 2.63. The molecule has 0 aliphatic carbocycles. The molecule has 3 N–H and O–H groups in total. The summed E-state index contributed by atoms with van der Waals surface area (Å²) in [6.07, 6.45) is 0. The number of aryl methyl sites for hydroxylation is 1. The van der Waals surface area contributed by atoms with Crippen molar-refractivity contribution in [1.82, 2.24) is 4.98 Å². The number of hydrogen-bond acceptors (Lipinski definition) is 5. The zero-order valence-corrected chi connectivity index (χ0v) is 10.5. The highest BCUT2D eigenvalue weighted by Crippen LogP contribution is 2.27. The van der Waals surface area contributed by atoms with Crippen molar-refractivity contribution in [2.24, 2.45) is 0 Å². The summed E-state index contributed by atoms with van der Waals surface area (Å²) in [5.74, 6) is 0.231. The molecule has 0 atom stereocenters. The Bertz CT molecular complexity index is 545. The lowest BCUT2D eigenvalue weighted by molar-refractivity contribution is 0.102. The maximum absolute atomic E-state index is 11.2. The number of hydrogen-bond donors (Lipinski definition) is 2. The van der Waals surface area contributed by atoms with Crippen molar-refractivity contribution < 1.29 is 4.79 Å². The number of anilines is 3. The molecule has 17 heavy (non-hydrogen) atoms. The number of aromatic nitrogens is 1. The third-order valence-corrected chi connectivity index (χ3v) is 3.36. The van der Waals surface area contributed by atoms with Crippen molar-refractivity contribution in [3.8, 4) is 0 Å². The Morgan fingerprint density at radius 1 is 1.35 bits per heavy atom. The molecule has 0 amide bonds. The van der Waals surface area contributed by atoms with Crippen LogP contribution in [0.2, 0.25) is 0 Å². The topological polar surface area (TPSA) is 68.0 Å². The molecule has 4 nitrogen and oxygen atoms in total. The number of carbonyl (C=O) groups excluding carboxylic acids is 1. The van der Waals surface area contributed by atoms with Gasteiger partial charge < -0.3 is 11.1 Å². The Morgan fingerprint density at radius 3 is 2.53 bits per heavy atom. The molecule has 0 fully saturated rings. The predicted molar refractivity (Wildman–Crippen MR) is 71.0 cm³/mol. The van der Waals surface area contributed by atoms with Crippen LogP contribution in [0.4, 0.5) is 16.6 Å². The number of benzene rings is 1. The van der Waals surface area contributed by atoms with Crippen molar-refractivity contribution in [3.05, 3.63) is 34.7 Å². The van der Waals surface area contributed by atoms with Crippen molar-refractivity contribution in [2.45, 2.75) is 13.8 Å². The summed E-state index contributed by atoms with van der Waals surface area (Å²) in [5.41, 5.74) is 7.78. The fourth-order valence-corrected chi connectivity index (χ4v) is 2.20. The first-order valence-electron chi connectivity index (χ1n) is 5.17. The molecule has 1 aromatic carbocycles. The molecule has 0 aliphatic rings. The number of thiazole rings is 1. The molecule has 88 valence electrons. The van der Waals surface area contributed by atoms with E-state index in [0.717, 1.165) is 5.69 Å². The lowest BCUT2D eigenvalue weighted by atomic mass is 10.2. The van der Waals surface area contributed by atoms with Crippen LogP contribution in [-0.2, 0) is 0 Å². The first-order chi connectivity index (χ1) is 8.06. The van der Waals surface area contributed by atoms with E-state index in [1.54, 1.807) is 0 Å². The molecular weight excluding hydrogens is 234 g/mol. The normalized spacial score (nSPS) is 10.2. The lowest BCUT2D eigenvalue weighted by Gasteiger charge is -2.01. The number of nitrogens with zero attached hydrogens (tertiary/aromatic N) is 1. The van der Waals surface area contributed by atoms with E-state index in [4.69, 9.17) is 5.73 Å². The highest BCUT2D eigenvalue weighted by Gasteiger charge is 2.12. The molecule has 5 heteroatoms. The van der Waals surface area contributed by atoms with Gasteiger partial charge >= 0.3 is 0 Å². The average molecular weight is 247 g/mol. The maximum Gasteiger partial charge on any atom is 0.189 e. The van der Waals surface area contributed by atoms with Crippen LogP contribution in [-0.4, -0.2) is 10.8 Å². The van der Waals surface area contributed by atoms with Crippen LogP contribution in [0.15, 0.2) is 24.3 Å². The highest BCUT2D eigenvalue weighted by atomic mass is 32.1. The van der Waals surface area contributed by atoms with Gasteiger partial charge in [-0.25, -0.2) is 4.98 Å². The van der Waals surface area contributed by atoms with Crippen molar-refractivity contribution in [2.75, 3.05) is 11.1 Å². The van der Waals surface area contributed by atoms with Gasteiger partial charge in [-0.2, -0.15) is 0 Å². The number of carbonyl (C=O) groups is 1. The van der Waals surface area contributed by atoms with Crippen LogP contribution in [0.1, 0.15) is 22.2 Å². The third-order valence-electron chi connectivity index (χ3n) is 2.28. The monoisotopic (exact) mass is 247 g/mol. The van der Waals surface area contributed by atoms with E-state index in [-0.39, 0.29) is 11.6 Å². The summed E-state index contributed by atoms with van der Waals surface area (Å²) in [6, 6.07) is 7.93. The number of nitrogen functional groups attached to an aromatic ring is 1. The van der Waals surface area contributed by atoms with Crippen molar-refractivity contribution in [3.63, 3.8) is 0 Å². The molecule has 1 heterocycles. The lowest BCUT2D eigenvalue weighted by Crippen LogP contribution is -1.95. The number of ketones is 1. The van der Waals surface area contributed by atoms with E-state index < -0.39 is 0 Å². The van der Waals surface area contributed by atoms with E-state index in [9.17, 15) is 4.79 Å². The van der Waals surface area contributed by atoms with E-state index in [1.165, 1.54) is 23.8 Å². The summed E-state index contributed by atoms with van der Waals surface area (Å²) in [4.78, 5) is 15.9. The Kier molecular flexibility index (Phi) is 3.10. The second-order valence-corrected chi connectivity index (χ2v) is 4.78. The maximum atomic E-state index is 11.2. The van der Waals surface area contributed by atoms with Crippen LogP contribution in [0.3, 0.4) is 0 Å². The summed E-state index contributed by atoms with van der Waals surface area (Å²) >= 11 is 1.27. The van der Waals surface area contributed by atoms with Gasteiger partial charge in [-0.15, -0.1) is 0 Å². The number of nitrogens with one attached hydrogen (secondary N) is 1. The van der Waals surface area contributed by atoms with Gasteiger partial charge in [-0.1, -0.05) is 29.0 Å². The van der Waals surface area contributed by atoms with Gasteiger partial charge in [-0.05, 0) is 19.1 Å². The van der Waals surface area contributed by atoms with Crippen LogP contribution in [0, 0.1) is 6.92 Å². The minimum absolute atomic E-state index is 0.0584. The Labute approximate surface area is 103 Å². The minimum atomic E-state index is -0.0584. The largest absolute Gasteiger partial charge is 0.382 e. The van der Waals surface area contributed by atoms with Crippen LogP contribution in [0.25, 0.3) is 0 Å². The van der Waals surface area contributed by atoms with E-state index in [1.807, 2.05) is 31.2 Å². The quantitative estimate of drug-likeness (QED) is 0.818. The van der Waals surface area contributed by atoms with Gasteiger partial charge in [0.25, 0.3) is 0 Å². The molecule has 2 aromatic rings. The number of nitrogens with two attached hydrogens (primary N) is 1. The molecule has 2 rings (SSSR count). The SMILES string of the molecule is CC(=O)c1sc(Nc2ccc(C)cc2)nc1N. The zero-order chi connectivity index (χ0) is 12.4. The molecule has 0 saturated carbocycles. The van der Waals surface area contributed by atoms with Gasteiger partial charge in [0.05, 0.1) is 0 Å². The van der Waals surface area contributed by atoms with Gasteiger partial charge in [0.2, 0.25) is 0 Å². The van der Waals surface area contributed by atoms with Gasteiger partial charge in [0, 0.05) is 12.6 Å². The fraction of sp³-hybridized carbons (Fsp3) is 0.167. The van der Waals surface area contributed by atoms with Gasteiger partial charge in [0.15, 0.2) is 10.9 Å². The minimum Gasteiger partial charge on any atom is -0.382 e. The van der Waals surface area contributed by atoms with Crippen LogP contribution in [0.5, 0.6) is 0 Å². The highest BCUT2D eigenvalue weighted by molar-refractivity contribution is 7.18. The smallest absolute Gasteiger partial charge is 0.189 e. The zero-order valence-electron chi connectivity index (χ0n) is 9.65. The Balaban J connectivity index is 2.22. The van der Waals surface area contributed by atoms with Crippen molar-refractivity contribution >= 4 is 33.8 Å². The molecule has 0 aliphatic heterocycles. The molecule has 0 bridgehead atoms. The summed E-state index contributed by atoms with van der Waals surface area (Å²) in [5, 5.41) is 3.76. The summed E-state index contributed by atoms with van der Waals surface area (Å²) in [6.45, 7) is 3.51. The number of rotatable bonds is 3. The molecule has 1 aromatic heterocycles. The fourth-order valence-electron chi connectivity index (χ4n) is 1.40. The van der Waals surface area contributed by atoms with Gasteiger partial charge in [0.1, 0.15) is 10.7 Å². The molecular formula is C12H13N3OS. The van der Waals surface area contributed by atoms with E-state index in [2.05, 4.69) is 10.3 Å². The summed E-state index contributed by atoms with van der Waals surface area (Å²) < 4.78 is 0. The second-order valence-electron chi connectivity index (χ2n) is 3.78. The van der Waals surface area contributed by atoms with E-state index in [0.29, 0.717) is 10.0 Å². The van der Waals surface area contributed by atoms with Crippen LogP contribution < -0.4 is 11.1 Å². The first kappa shape index (κ1) is 11.6. The van der Waals surface area contributed by atoms with E-state index >= 15 is 0 Å². The molecule has 0 saturated heterocycles. The second kappa shape index (κ2) is 4.55. The van der Waals surface area contributed by atoms with Crippen LogP contribution >= 0.6 is 11.3 Å². The standard InChI is InChI=1S/C12H13N3OS/c1-7-3-5-9(6-4-7)14-12-15-11(13)10(17-12)8(2)16/h3-6H,13H2,1-2H3,(H,14,15). The molecule has 0 spiro atoms. The Morgan fingerprint density at radius 2 is 2.00 bits per heavy atom. The summed E-state index contributed by atoms with van der Waals surface area (Å²) in [7, 11) is 0. The number of Topliss-reactive ketones (excluding diaryl/α,β-unsaturated/α-hetero) is 1. The Hall–Kier alpha value is -1.88. The molecule has 0 radical (unpaired) electrons.